The summed E-state index contributed by atoms with van der Waals surface area (Å²) in [4.78, 5) is 19.2. The van der Waals surface area contributed by atoms with E-state index in [9.17, 15) is 4.79 Å². The van der Waals surface area contributed by atoms with Crippen LogP contribution in [0.1, 0.15) is 24.6 Å². The van der Waals surface area contributed by atoms with Gasteiger partial charge in [-0.1, -0.05) is 0 Å². The predicted octanol–water partition coefficient (Wildman–Crippen LogP) is 2.21. The highest BCUT2D eigenvalue weighted by atomic mass is 32.1. The molecule has 2 aromatic rings. The number of piperazine rings is 1. The molecule has 0 radical (unpaired) electrons. The summed E-state index contributed by atoms with van der Waals surface area (Å²) in [5.41, 5.74) is 2.49. The second-order valence-electron chi connectivity index (χ2n) is 5.53. The van der Waals surface area contributed by atoms with E-state index in [4.69, 9.17) is 0 Å². The van der Waals surface area contributed by atoms with Crippen LogP contribution >= 0.6 is 11.3 Å². The Bertz CT molecular complexity index is 576. The SMILES string of the molecule is O=CN1CC2CCCN2C(c2cc3sccc3[nH]2)C1. The number of aromatic nitrogens is 1. The summed E-state index contributed by atoms with van der Waals surface area (Å²) >= 11 is 1.77. The number of nitrogens with one attached hydrogen (secondary N) is 1. The quantitative estimate of drug-likeness (QED) is 0.854. The lowest BCUT2D eigenvalue weighted by atomic mass is 10.1. The Kier molecular flexibility index (Phi) is 2.63. The molecule has 1 amide bonds. The number of aromatic amines is 1. The Labute approximate surface area is 116 Å². The van der Waals surface area contributed by atoms with Gasteiger partial charge in [-0.05, 0) is 36.9 Å². The second-order valence-corrected chi connectivity index (χ2v) is 6.48. The molecule has 0 bridgehead atoms. The molecule has 100 valence electrons. The molecule has 2 fully saturated rings. The van der Waals surface area contributed by atoms with Crippen LogP contribution in [0.3, 0.4) is 0 Å². The maximum Gasteiger partial charge on any atom is 0.209 e. The van der Waals surface area contributed by atoms with Gasteiger partial charge in [-0.15, -0.1) is 11.3 Å². The van der Waals surface area contributed by atoms with Crippen molar-refractivity contribution >= 4 is 28.0 Å². The molecule has 0 aromatic carbocycles. The van der Waals surface area contributed by atoms with Gasteiger partial charge in [0.1, 0.15) is 0 Å². The van der Waals surface area contributed by atoms with Crippen molar-refractivity contribution in [2.75, 3.05) is 19.6 Å². The Morgan fingerprint density at radius 3 is 3.21 bits per heavy atom. The van der Waals surface area contributed by atoms with Gasteiger partial charge in [0.15, 0.2) is 0 Å². The van der Waals surface area contributed by atoms with Crippen molar-refractivity contribution in [3.8, 4) is 0 Å². The van der Waals surface area contributed by atoms with Crippen LogP contribution < -0.4 is 0 Å². The summed E-state index contributed by atoms with van der Waals surface area (Å²) in [7, 11) is 0. The molecular weight excluding hydrogens is 258 g/mol. The standard InChI is InChI=1S/C14H17N3OS/c18-9-16-7-10-2-1-4-17(10)13(8-16)12-6-14-11(15-12)3-5-19-14/h3,5-6,9-10,13,15H,1-2,4,7-8H2. The zero-order chi connectivity index (χ0) is 12.8. The number of rotatable bonds is 2. The first kappa shape index (κ1) is 11.5. The third kappa shape index (κ3) is 1.80. The number of hydrogen-bond acceptors (Lipinski definition) is 3. The number of nitrogens with zero attached hydrogens (tertiary/aromatic N) is 2. The number of fused-ring (bicyclic) bond motifs is 2. The highest BCUT2D eigenvalue weighted by Gasteiger charge is 2.38. The molecule has 19 heavy (non-hydrogen) atoms. The van der Waals surface area contributed by atoms with Crippen molar-refractivity contribution in [1.82, 2.24) is 14.8 Å². The lowest BCUT2D eigenvalue weighted by molar-refractivity contribution is -0.122. The molecule has 2 aromatic heterocycles. The van der Waals surface area contributed by atoms with Crippen molar-refractivity contribution < 1.29 is 4.79 Å². The summed E-state index contributed by atoms with van der Waals surface area (Å²) in [5, 5.41) is 2.11. The third-order valence-electron chi connectivity index (χ3n) is 4.44. The minimum Gasteiger partial charge on any atom is -0.356 e. The summed E-state index contributed by atoms with van der Waals surface area (Å²) in [6, 6.07) is 5.27. The van der Waals surface area contributed by atoms with E-state index in [0.29, 0.717) is 12.1 Å². The molecule has 0 saturated carbocycles. The second kappa shape index (κ2) is 4.35. The van der Waals surface area contributed by atoms with E-state index in [0.717, 1.165) is 26.0 Å². The van der Waals surface area contributed by atoms with Crippen LogP contribution in [-0.4, -0.2) is 46.9 Å². The largest absolute Gasteiger partial charge is 0.356 e. The van der Waals surface area contributed by atoms with Crippen LogP contribution in [-0.2, 0) is 4.79 Å². The summed E-state index contributed by atoms with van der Waals surface area (Å²) in [5.74, 6) is 0. The summed E-state index contributed by atoms with van der Waals surface area (Å²) in [6.45, 7) is 2.87. The Balaban J connectivity index is 1.70. The van der Waals surface area contributed by atoms with E-state index in [-0.39, 0.29) is 0 Å². The van der Waals surface area contributed by atoms with E-state index in [1.54, 1.807) is 11.3 Å². The molecule has 0 spiro atoms. The van der Waals surface area contributed by atoms with E-state index in [1.165, 1.54) is 28.8 Å². The molecule has 5 heteroatoms. The molecule has 2 atom stereocenters. The molecule has 2 saturated heterocycles. The monoisotopic (exact) mass is 275 g/mol. The zero-order valence-corrected chi connectivity index (χ0v) is 11.5. The highest BCUT2D eigenvalue weighted by molar-refractivity contribution is 7.17. The lowest BCUT2D eigenvalue weighted by Crippen LogP contribution is -2.51. The normalized spacial score (nSPS) is 27.9. The molecule has 2 aliphatic rings. The van der Waals surface area contributed by atoms with Crippen LogP contribution in [0, 0.1) is 0 Å². The van der Waals surface area contributed by atoms with Crippen molar-refractivity contribution in [2.24, 2.45) is 0 Å². The Morgan fingerprint density at radius 2 is 2.37 bits per heavy atom. The van der Waals surface area contributed by atoms with Gasteiger partial charge in [0.2, 0.25) is 6.41 Å². The van der Waals surface area contributed by atoms with Gasteiger partial charge in [0, 0.05) is 24.8 Å². The van der Waals surface area contributed by atoms with Crippen molar-refractivity contribution in [1.29, 1.82) is 0 Å². The van der Waals surface area contributed by atoms with Crippen molar-refractivity contribution in [3.63, 3.8) is 0 Å². The van der Waals surface area contributed by atoms with Gasteiger partial charge in [0.05, 0.1) is 16.3 Å². The molecule has 4 heterocycles. The van der Waals surface area contributed by atoms with Crippen LogP contribution in [0.2, 0.25) is 0 Å². The first-order chi connectivity index (χ1) is 9.35. The molecular formula is C14H17N3OS. The fraction of sp³-hybridized carbons (Fsp3) is 0.500. The molecule has 1 N–H and O–H groups in total. The summed E-state index contributed by atoms with van der Waals surface area (Å²) < 4.78 is 1.31. The fourth-order valence-electron chi connectivity index (χ4n) is 3.55. The van der Waals surface area contributed by atoms with Gasteiger partial charge in [-0.25, -0.2) is 0 Å². The molecule has 4 nitrogen and oxygen atoms in total. The van der Waals surface area contributed by atoms with Gasteiger partial charge in [0.25, 0.3) is 0 Å². The van der Waals surface area contributed by atoms with E-state index < -0.39 is 0 Å². The first-order valence-corrected chi connectivity index (χ1v) is 7.74. The van der Waals surface area contributed by atoms with Crippen molar-refractivity contribution in [3.05, 3.63) is 23.2 Å². The lowest BCUT2D eigenvalue weighted by Gasteiger charge is -2.41. The highest BCUT2D eigenvalue weighted by Crippen LogP contribution is 2.35. The maximum atomic E-state index is 11.1. The minimum atomic E-state index is 0.339. The maximum absolute atomic E-state index is 11.1. The number of carbonyl (C=O) groups is 1. The number of H-pyrrole nitrogens is 1. The van der Waals surface area contributed by atoms with Crippen LogP contribution in [0.25, 0.3) is 10.2 Å². The summed E-state index contributed by atoms with van der Waals surface area (Å²) in [6.07, 6.45) is 3.48. The van der Waals surface area contributed by atoms with Crippen molar-refractivity contribution in [2.45, 2.75) is 24.9 Å². The average Bonchev–Trinajstić information content (AvgIpc) is 3.11. The Hall–Kier alpha value is -1.33. The molecule has 4 rings (SSSR count). The van der Waals surface area contributed by atoms with Gasteiger partial charge in [-0.2, -0.15) is 0 Å². The van der Waals surface area contributed by atoms with E-state index in [1.807, 2.05) is 4.90 Å². The molecule has 2 aliphatic heterocycles. The van der Waals surface area contributed by atoms with Crippen LogP contribution in [0.4, 0.5) is 0 Å². The third-order valence-corrected chi connectivity index (χ3v) is 5.31. The number of hydrogen-bond donors (Lipinski definition) is 1. The minimum absolute atomic E-state index is 0.339. The van der Waals surface area contributed by atoms with Crippen LogP contribution in [0.15, 0.2) is 17.5 Å². The zero-order valence-electron chi connectivity index (χ0n) is 10.7. The topological polar surface area (TPSA) is 39.3 Å². The van der Waals surface area contributed by atoms with Gasteiger partial charge >= 0.3 is 0 Å². The van der Waals surface area contributed by atoms with Crippen LogP contribution in [0.5, 0.6) is 0 Å². The number of carbonyl (C=O) groups excluding carboxylic acids is 1. The smallest absolute Gasteiger partial charge is 0.209 e. The van der Waals surface area contributed by atoms with E-state index in [2.05, 4.69) is 27.4 Å². The van der Waals surface area contributed by atoms with Gasteiger partial charge in [-0.3, -0.25) is 9.69 Å². The predicted molar refractivity (Wildman–Crippen MR) is 76.3 cm³/mol. The van der Waals surface area contributed by atoms with E-state index >= 15 is 0 Å². The molecule has 2 unspecified atom stereocenters. The molecule has 0 aliphatic carbocycles. The first-order valence-electron chi connectivity index (χ1n) is 6.86. The number of amides is 1. The number of thiophene rings is 1. The Morgan fingerprint density at radius 1 is 1.42 bits per heavy atom. The fourth-order valence-corrected chi connectivity index (χ4v) is 4.34. The van der Waals surface area contributed by atoms with Gasteiger partial charge < -0.3 is 9.88 Å². The average molecular weight is 275 g/mol.